The lowest BCUT2D eigenvalue weighted by Gasteiger charge is -2.14. The van der Waals surface area contributed by atoms with Crippen LogP contribution < -0.4 is 18.9 Å². The first kappa shape index (κ1) is 20.2. The molecule has 0 atom stereocenters. The van der Waals surface area contributed by atoms with Crippen molar-refractivity contribution < 1.29 is 24.1 Å². The quantitative estimate of drug-likeness (QED) is 0.768. The number of rotatable bonds is 7. The molecule has 1 N–H and O–H groups in total. The molecule has 25 heavy (non-hydrogen) atoms. The molecule has 2 rings (SSSR count). The summed E-state index contributed by atoms with van der Waals surface area (Å²) in [5.74, 6) is 2.48. The van der Waals surface area contributed by atoms with Crippen LogP contribution in [-0.4, -0.2) is 33.5 Å². The van der Waals surface area contributed by atoms with Crippen LogP contribution in [0.5, 0.6) is 28.7 Å². The van der Waals surface area contributed by atoms with Crippen molar-refractivity contribution in [3.05, 3.63) is 54.6 Å². The summed E-state index contributed by atoms with van der Waals surface area (Å²) in [4.78, 5) is 0. The van der Waals surface area contributed by atoms with E-state index in [0.717, 1.165) is 24.0 Å². The Morgan fingerprint density at radius 2 is 1.24 bits per heavy atom. The summed E-state index contributed by atoms with van der Waals surface area (Å²) in [6.45, 7) is 6.00. The molecule has 0 amide bonds. The van der Waals surface area contributed by atoms with Gasteiger partial charge in [-0.05, 0) is 48.2 Å². The molecular formula is C20H26O5. The summed E-state index contributed by atoms with van der Waals surface area (Å²) in [6, 6.07) is 9.29. The highest BCUT2D eigenvalue weighted by atomic mass is 16.5. The topological polar surface area (TPSA) is 57.2 Å². The van der Waals surface area contributed by atoms with Crippen molar-refractivity contribution in [3.8, 4) is 28.7 Å². The van der Waals surface area contributed by atoms with Crippen molar-refractivity contribution in [2.24, 2.45) is 0 Å². The molecule has 0 spiro atoms. The van der Waals surface area contributed by atoms with Gasteiger partial charge in [-0.3, -0.25) is 0 Å². The summed E-state index contributed by atoms with van der Waals surface area (Å²) in [6.07, 6.45) is 1.55. The van der Waals surface area contributed by atoms with Crippen LogP contribution in [0.3, 0.4) is 0 Å². The van der Waals surface area contributed by atoms with Crippen LogP contribution in [0, 0.1) is 0 Å². The Hall–Kier alpha value is -2.82. The largest absolute Gasteiger partial charge is 0.504 e. The fourth-order valence-corrected chi connectivity index (χ4v) is 2.46. The number of ether oxygens (including phenoxy) is 4. The van der Waals surface area contributed by atoms with E-state index in [0.29, 0.717) is 23.0 Å². The molecule has 2 aromatic rings. The minimum Gasteiger partial charge on any atom is -0.504 e. The zero-order valence-corrected chi connectivity index (χ0v) is 15.3. The lowest BCUT2D eigenvalue weighted by Crippen LogP contribution is -1.98. The predicted molar refractivity (Wildman–Crippen MR) is 99.4 cm³/mol. The van der Waals surface area contributed by atoms with Crippen molar-refractivity contribution in [2.45, 2.75) is 12.8 Å². The first-order valence-corrected chi connectivity index (χ1v) is 7.77. The highest BCUT2D eigenvalue weighted by Crippen LogP contribution is 2.38. The minimum atomic E-state index is 0.148. The Morgan fingerprint density at radius 3 is 1.68 bits per heavy atom. The standard InChI is InChI=1S/C18H22O5.C2H4/c1-20-15-8-7-12(9-14(15)19)5-6-13-10-16(21-2)18(23-4)17(11-13)22-3;1-2/h7-11,19H,5-6H2,1-4H3;1-2H2. The SMILES string of the molecule is C=C.COc1ccc(CCc2cc(OC)c(OC)c(OC)c2)cc1O. The van der Waals surface area contributed by atoms with Crippen LogP contribution in [-0.2, 0) is 12.8 Å². The third-order valence-corrected chi connectivity index (χ3v) is 3.67. The van der Waals surface area contributed by atoms with E-state index in [4.69, 9.17) is 18.9 Å². The normalized spacial score (nSPS) is 9.60. The van der Waals surface area contributed by atoms with Crippen molar-refractivity contribution in [2.75, 3.05) is 28.4 Å². The summed E-state index contributed by atoms with van der Waals surface area (Å²) in [5, 5.41) is 9.84. The van der Waals surface area contributed by atoms with Gasteiger partial charge in [0.1, 0.15) is 0 Å². The number of phenolic OH excluding ortho intramolecular Hbond substituents is 1. The smallest absolute Gasteiger partial charge is 0.203 e. The number of aromatic hydroxyl groups is 1. The summed E-state index contributed by atoms with van der Waals surface area (Å²) >= 11 is 0. The van der Waals surface area contributed by atoms with Gasteiger partial charge in [0.15, 0.2) is 23.0 Å². The molecule has 0 radical (unpaired) electrons. The second-order valence-corrected chi connectivity index (χ2v) is 5.04. The molecule has 0 saturated carbocycles. The van der Waals surface area contributed by atoms with E-state index in [9.17, 15) is 5.11 Å². The number of phenols is 1. The summed E-state index contributed by atoms with van der Waals surface area (Å²) in [5.41, 5.74) is 2.09. The van der Waals surface area contributed by atoms with Crippen molar-refractivity contribution in [1.82, 2.24) is 0 Å². The first-order valence-electron chi connectivity index (χ1n) is 7.77. The molecular weight excluding hydrogens is 320 g/mol. The maximum Gasteiger partial charge on any atom is 0.203 e. The molecule has 0 heterocycles. The van der Waals surface area contributed by atoms with Crippen LogP contribution >= 0.6 is 0 Å². The highest BCUT2D eigenvalue weighted by molar-refractivity contribution is 5.54. The maximum absolute atomic E-state index is 9.84. The fourth-order valence-electron chi connectivity index (χ4n) is 2.46. The van der Waals surface area contributed by atoms with Crippen LogP contribution in [0.2, 0.25) is 0 Å². The number of hydrogen-bond donors (Lipinski definition) is 1. The van der Waals surface area contributed by atoms with E-state index in [2.05, 4.69) is 13.2 Å². The third-order valence-electron chi connectivity index (χ3n) is 3.67. The first-order chi connectivity index (χ1) is 12.1. The van der Waals surface area contributed by atoms with E-state index < -0.39 is 0 Å². The molecule has 5 nitrogen and oxygen atoms in total. The number of methoxy groups -OCH3 is 4. The Labute approximate surface area is 149 Å². The van der Waals surface area contributed by atoms with Gasteiger partial charge in [0.25, 0.3) is 0 Å². The number of aryl methyl sites for hydroxylation is 2. The lowest BCUT2D eigenvalue weighted by atomic mass is 10.0. The minimum absolute atomic E-state index is 0.148. The highest BCUT2D eigenvalue weighted by Gasteiger charge is 2.13. The molecule has 0 aliphatic heterocycles. The Balaban J connectivity index is 0.00000151. The van der Waals surface area contributed by atoms with E-state index in [1.807, 2.05) is 18.2 Å². The van der Waals surface area contributed by atoms with Crippen LogP contribution in [0.1, 0.15) is 11.1 Å². The zero-order valence-electron chi connectivity index (χ0n) is 15.3. The average molecular weight is 346 g/mol. The summed E-state index contributed by atoms with van der Waals surface area (Å²) < 4.78 is 21.1. The Bertz CT molecular complexity index is 657. The van der Waals surface area contributed by atoms with E-state index in [-0.39, 0.29) is 5.75 Å². The third kappa shape index (κ3) is 5.08. The molecule has 0 fully saturated rings. The van der Waals surface area contributed by atoms with Crippen molar-refractivity contribution >= 4 is 0 Å². The number of hydrogen-bond acceptors (Lipinski definition) is 5. The van der Waals surface area contributed by atoms with Gasteiger partial charge in [-0.2, -0.15) is 0 Å². The Morgan fingerprint density at radius 1 is 0.720 bits per heavy atom. The fraction of sp³-hybridized carbons (Fsp3) is 0.300. The molecule has 136 valence electrons. The molecule has 2 aromatic carbocycles. The van der Waals surface area contributed by atoms with Gasteiger partial charge in [0.2, 0.25) is 5.75 Å². The molecule has 0 aliphatic carbocycles. The maximum atomic E-state index is 9.84. The van der Waals surface area contributed by atoms with Gasteiger partial charge >= 0.3 is 0 Å². The zero-order chi connectivity index (χ0) is 18.8. The molecule has 0 aromatic heterocycles. The predicted octanol–water partition coefficient (Wildman–Crippen LogP) is 4.01. The van der Waals surface area contributed by atoms with Crippen LogP contribution in [0.15, 0.2) is 43.5 Å². The van der Waals surface area contributed by atoms with E-state index in [1.54, 1.807) is 33.5 Å². The van der Waals surface area contributed by atoms with Crippen molar-refractivity contribution in [1.29, 1.82) is 0 Å². The summed E-state index contributed by atoms with van der Waals surface area (Å²) in [7, 11) is 6.32. The Kier molecular flexibility index (Phi) is 8.19. The van der Waals surface area contributed by atoms with Gasteiger partial charge in [0.05, 0.1) is 28.4 Å². The average Bonchev–Trinajstić information content (AvgIpc) is 2.67. The second kappa shape index (κ2) is 10.1. The van der Waals surface area contributed by atoms with Gasteiger partial charge in [0, 0.05) is 0 Å². The van der Waals surface area contributed by atoms with Gasteiger partial charge < -0.3 is 24.1 Å². The molecule has 0 saturated heterocycles. The molecule has 0 unspecified atom stereocenters. The number of benzene rings is 2. The van der Waals surface area contributed by atoms with Gasteiger partial charge in [-0.1, -0.05) is 6.07 Å². The van der Waals surface area contributed by atoms with Crippen LogP contribution in [0.25, 0.3) is 0 Å². The second-order valence-electron chi connectivity index (χ2n) is 5.04. The van der Waals surface area contributed by atoms with Crippen LogP contribution in [0.4, 0.5) is 0 Å². The molecule has 0 bridgehead atoms. The van der Waals surface area contributed by atoms with Crippen molar-refractivity contribution in [3.63, 3.8) is 0 Å². The lowest BCUT2D eigenvalue weighted by molar-refractivity contribution is 0.324. The van der Waals surface area contributed by atoms with Gasteiger partial charge in [-0.15, -0.1) is 13.2 Å². The van der Waals surface area contributed by atoms with E-state index in [1.165, 1.54) is 7.11 Å². The van der Waals surface area contributed by atoms with Gasteiger partial charge in [-0.25, -0.2) is 0 Å². The molecule has 0 aliphatic rings. The monoisotopic (exact) mass is 346 g/mol. The van der Waals surface area contributed by atoms with E-state index >= 15 is 0 Å². The molecule has 5 heteroatoms.